The molecule has 6 heteroatoms. The van der Waals surface area contributed by atoms with Gasteiger partial charge in [0.1, 0.15) is 5.82 Å². The lowest BCUT2D eigenvalue weighted by molar-refractivity contribution is -0.115. The predicted octanol–water partition coefficient (Wildman–Crippen LogP) is 1.23. The summed E-state index contributed by atoms with van der Waals surface area (Å²) in [7, 11) is 0. The second-order valence-electron chi connectivity index (χ2n) is 4.16. The zero-order chi connectivity index (χ0) is 13.0. The second kappa shape index (κ2) is 5.48. The molecule has 0 heterocycles. The number of amides is 3. The number of carbonyl (C=O) groups is 2. The van der Waals surface area contributed by atoms with Crippen LogP contribution in [0.25, 0.3) is 0 Å². The minimum absolute atomic E-state index is 0.144. The standard InChI is InChI=1S/C12H14FN3O2/c13-8-2-1-3-10(6-8)15-11(17)7-14-12(18)16-9-4-5-9/h1-3,6,9H,4-5,7H2,(H,15,17)(H2,14,16,18). The Labute approximate surface area is 104 Å². The monoisotopic (exact) mass is 251 g/mol. The first-order valence-corrected chi connectivity index (χ1v) is 5.73. The summed E-state index contributed by atoms with van der Waals surface area (Å²) in [6, 6.07) is 5.46. The van der Waals surface area contributed by atoms with Crippen molar-refractivity contribution in [3.63, 3.8) is 0 Å². The fourth-order valence-corrected chi connectivity index (χ4v) is 1.40. The van der Waals surface area contributed by atoms with Gasteiger partial charge in [-0.1, -0.05) is 6.07 Å². The van der Waals surface area contributed by atoms with E-state index < -0.39 is 11.7 Å². The summed E-state index contributed by atoms with van der Waals surface area (Å²) in [5.41, 5.74) is 0.365. The maximum absolute atomic E-state index is 12.9. The summed E-state index contributed by atoms with van der Waals surface area (Å²) in [6.07, 6.45) is 1.98. The number of urea groups is 1. The van der Waals surface area contributed by atoms with Crippen LogP contribution >= 0.6 is 0 Å². The molecule has 18 heavy (non-hydrogen) atoms. The van der Waals surface area contributed by atoms with Crippen LogP contribution in [0.15, 0.2) is 24.3 Å². The molecule has 0 aromatic heterocycles. The van der Waals surface area contributed by atoms with Crippen molar-refractivity contribution in [3.05, 3.63) is 30.1 Å². The molecule has 1 aliphatic carbocycles. The average Bonchev–Trinajstić information content (AvgIpc) is 3.10. The fraction of sp³-hybridized carbons (Fsp3) is 0.333. The Morgan fingerprint density at radius 3 is 2.78 bits per heavy atom. The summed E-state index contributed by atoms with van der Waals surface area (Å²) in [6.45, 7) is -0.144. The molecule has 0 aliphatic heterocycles. The number of halogens is 1. The van der Waals surface area contributed by atoms with Crippen LogP contribution in [0.5, 0.6) is 0 Å². The Balaban J connectivity index is 1.72. The Morgan fingerprint density at radius 1 is 1.33 bits per heavy atom. The second-order valence-corrected chi connectivity index (χ2v) is 4.16. The van der Waals surface area contributed by atoms with Crippen molar-refractivity contribution in [2.24, 2.45) is 0 Å². The molecule has 1 aliphatic rings. The van der Waals surface area contributed by atoms with E-state index in [2.05, 4.69) is 16.0 Å². The van der Waals surface area contributed by atoms with E-state index in [-0.39, 0.29) is 18.6 Å². The Bertz CT molecular complexity index is 460. The molecule has 1 aromatic rings. The van der Waals surface area contributed by atoms with Crippen molar-refractivity contribution >= 4 is 17.6 Å². The minimum atomic E-state index is -0.424. The number of rotatable bonds is 4. The maximum Gasteiger partial charge on any atom is 0.315 e. The molecule has 1 saturated carbocycles. The van der Waals surface area contributed by atoms with E-state index in [1.54, 1.807) is 6.07 Å². The van der Waals surface area contributed by atoms with Gasteiger partial charge in [-0.05, 0) is 31.0 Å². The smallest absolute Gasteiger partial charge is 0.315 e. The third-order valence-corrected chi connectivity index (χ3v) is 2.43. The molecule has 2 rings (SSSR count). The molecule has 1 aromatic carbocycles. The van der Waals surface area contributed by atoms with Gasteiger partial charge in [0, 0.05) is 11.7 Å². The minimum Gasteiger partial charge on any atom is -0.335 e. The Hall–Kier alpha value is -2.11. The quantitative estimate of drug-likeness (QED) is 0.753. The van der Waals surface area contributed by atoms with E-state index in [0.717, 1.165) is 12.8 Å². The van der Waals surface area contributed by atoms with Gasteiger partial charge >= 0.3 is 6.03 Å². The van der Waals surface area contributed by atoms with Crippen molar-refractivity contribution in [3.8, 4) is 0 Å². The van der Waals surface area contributed by atoms with Crippen molar-refractivity contribution < 1.29 is 14.0 Å². The van der Waals surface area contributed by atoms with Crippen LogP contribution in [0.3, 0.4) is 0 Å². The highest BCUT2D eigenvalue weighted by Crippen LogP contribution is 2.18. The molecule has 0 atom stereocenters. The fourth-order valence-electron chi connectivity index (χ4n) is 1.40. The molecule has 96 valence electrons. The number of benzene rings is 1. The number of nitrogens with one attached hydrogen (secondary N) is 3. The highest BCUT2D eigenvalue weighted by molar-refractivity contribution is 5.94. The van der Waals surface area contributed by atoms with Gasteiger partial charge in [0.15, 0.2) is 0 Å². The van der Waals surface area contributed by atoms with Gasteiger partial charge < -0.3 is 16.0 Å². The van der Waals surface area contributed by atoms with E-state index in [1.807, 2.05) is 0 Å². The summed E-state index contributed by atoms with van der Waals surface area (Å²) in [5, 5.41) is 7.61. The first-order chi connectivity index (χ1) is 8.63. The first-order valence-electron chi connectivity index (χ1n) is 5.73. The summed E-state index contributed by atoms with van der Waals surface area (Å²) in [4.78, 5) is 22.7. The van der Waals surface area contributed by atoms with Gasteiger partial charge in [0.05, 0.1) is 6.54 Å². The van der Waals surface area contributed by atoms with Gasteiger partial charge in [0.25, 0.3) is 0 Å². The summed E-state index contributed by atoms with van der Waals surface area (Å²) in [5.74, 6) is -0.821. The third kappa shape index (κ3) is 4.04. The largest absolute Gasteiger partial charge is 0.335 e. The first kappa shape index (κ1) is 12.3. The van der Waals surface area contributed by atoms with Gasteiger partial charge in [-0.15, -0.1) is 0 Å². The van der Waals surface area contributed by atoms with E-state index in [1.165, 1.54) is 18.2 Å². The molecule has 3 amide bonds. The normalized spacial score (nSPS) is 13.8. The van der Waals surface area contributed by atoms with Crippen LogP contribution in [0, 0.1) is 5.82 Å². The van der Waals surface area contributed by atoms with E-state index >= 15 is 0 Å². The van der Waals surface area contributed by atoms with Gasteiger partial charge in [-0.25, -0.2) is 9.18 Å². The number of hydrogen-bond acceptors (Lipinski definition) is 2. The van der Waals surface area contributed by atoms with Gasteiger partial charge in [0.2, 0.25) is 5.91 Å². The molecule has 0 unspecified atom stereocenters. The Morgan fingerprint density at radius 2 is 2.11 bits per heavy atom. The van der Waals surface area contributed by atoms with E-state index in [4.69, 9.17) is 0 Å². The lowest BCUT2D eigenvalue weighted by Crippen LogP contribution is -2.40. The topological polar surface area (TPSA) is 70.2 Å². The Kier molecular flexibility index (Phi) is 3.76. The molecule has 3 N–H and O–H groups in total. The number of carbonyl (C=O) groups excluding carboxylic acids is 2. The van der Waals surface area contributed by atoms with Crippen LogP contribution in [-0.2, 0) is 4.79 Å². The summed E-state index contributed by atoms with van der Waals surface area (Å²) >= 11 is 0. The molecule has 0 saturated heterocycles. The van der Waals surface area contributed by atoms with Gasteiger partial charge in [-0.3, -0.25) is 4.79 Å². The van der Waals surface area contributed by atoms with Crippen LogP contribution in [-0.4, -0.2) is 24.5 Å². The lowest BCUT2D eigenvalue weighted by atomic mass is 10.3. The molecular weight excluding hydrogens is 237 g/mol. The van der Waals surface area contributed by atoms with Crippen molar-refractivity contribution in [1.29, 1.82) is 0 Å². The van der Waals surface area contributed by atoms with Crippen LogP contribution in [0.2, 0.25) is 0 Å². The molecule has 0 bridgehead atoms. The SMILES string of the molecule is O=C(CNC(=O)NC1CC1)Nc1cccc(F)c1. The van der Waals surface area contributed by atoms with Crippen LogP contribution in [0.4, 0.5) is 14.9 Å². The maximum atomic E-state index is 12.9. The zero-order valence-electron chi connectivity index (χ0n) is 9.70. The average molecular weight is 251 g/mol. The highest BCUT2D eigenvalue weighted by atomic mass is 19.1. The molecule has 5 nitrogen and oxygen atoms in total. The number of hydrogen-bond donors (Lipinski definition) is 3. The van der Waals surface area contributed by atoms with E-state index in [9.17, 15) is 14.0 Å². The van der Waals surface area contributed by atoms with Crippen molar-refractivity contribution in [2.45, 2.75) is 18.9 Å². The van der Waals surface area contributed by atoms with Crippen LogP contribution in [0.1, 0.15) is 12.8 Å². The molecule has 0 radical (unpaired) electrons. The predicted molar refractivity (Wildman–Crippen MR) is 64.6 cm³/mol. The van der Waals surface area contributed by atoms with Gasteiger partial charge in [-0.2, -0.15) is 0 Å². The molecule has 0 spiro atoms. The third-order valence-electron chi connectivity index (χ3n) is 2.43. The van der Waals surface area contributed by atoms with Crippen LogP contribution < -0.4 is 16.0 Å². The highest BCUT2D eigenvalue weighted by Gasteiger charge is 2.23. The van der Waals surface area contributed by atoms with E-state index in [0.29, 0.717) is 5.69 Å². The number of anilines is 1. The molecule has 1 fully saturated rings. The summed E-state index contributed by atoms with van der Waals surface area (Å²) < 4.78 is 12.9. The van der Waals surface area contributed by atoms with Crippen molar-refractivity contribution in [2.75, 3.05) is 11.9 Å². The molecular formula is C12H14FN3O2. The van der Waals surface area contributed by atoms with Crippen molar-refractivity contribution in [1.82, 2.24) is 10.6 Å². The lowest BCUT2D eigenvalue weighted by Gasteiger charge is -2.07. The zero-order valence-corrected chi connectivity index (χ0v) is 9.70.